The van der Waals surface area contributed by atoms with Crippen molar-refractivity contribution in [2.75, 3.05) is 19.6 Å². The van der Waals surface area contributed by atoms with Crippen molar-refractivity contribution in [3.8, 4) is 0 Å². The number of imide groups is 1. The smallest absolute Gasteiger partial charge is 0.327 e. The molecule has 4 rings (SSSR count). The number of likely N-dealkylation sites (tertiary alicyclic amines) is 1. The number of benzene rings is 1. The summed E-state index contributed by atoms with van der Waals surface area (Å²) in [5.41, 5.74) is 0.0689. The first-order valence-corrected chi connectivity index (χ1v) is 10.2. The lowest BCUT2D eigenvalue weighted by atomic mass is 9.85. The molecule has 1 atom stereocenters. The third kappa shape index (κ3) is 3.21. The summed E-state index contributed by atoms with van der Waals surface area (Å²) in [5.74, 6) is -0.262. The molecule has 0 saturated carbocycles. The van der Waals surface area contributed by atoms with E-state index in [0.29, 0.717) is 39.0 Å². The fourth-order valence-corrected chi connectivity index (χ4v) is 4.35. The summed E-state index contributed by atoms with van der Waals surface area (Å²) < 4.78 is 1.41. The molecule has 2 aliphatic heterocycles. The molecule has 2 saturated heterocycles. The van der Waals surface area contributed by atoms with Gasteiger partial charge in [-0.15, -0.1) is 5.10 Å². The van der Waals surface area contributed by atoms with Crippen LogP contribution in [0.15, 0.2) is 36.7 Å². The molecule has 0 unspecified atom stereocenters. The van der Waals surface area contributed by atoms with Gasteiger partial charge < -0.3 is 9.80 Å². The predicted octanol–water partition coefficient (Wildman–Crippen LogP) is 1.08. The van der Waals surface area contributed by atoms with Gasteiger partial charge >= 0.3 is 6.03 Å². The average Bonchev–Trinajstić information content (AvgIpc) is 3.37. The fraction of sp³-hybridized carbons (Fsp3) is 0.500. The number of rotatable bonds is 5. The van der Waals surface area contributed by atoms with Crippen LogP contribution in [0, 0.1) is 0 Å². The van der Waals surface area contributed by atoms with E-state index in [1.165, 1.54) is 15.9 Å². The van der Waals surface area contributed by atoms with Crippen LogP contribution in [0.5, 0.6) is 0 Å². The van der Waals surface area contributed by atoms with Gasteiger partial charge in [0, 0.05) is 26.2 Å². The Morgan fingerprint density at radius 1 is 1.17 bits per heavy atom. The Morgan fingerprint density at radius 2 is 1.87 bits per heavy atom. The summed E-state index contributed by atoms with van der Waals surface area (Å²) in [5, 5.41) is 11.0. The summed E-state index contributed by atoms with van der Waals surface area (Å²) in [6.45, 7) is 5.05. The molecule has 0 bridgehead atoms. The highest BCUT2D eigenvalue weighted by atomic mass is 16.2. The first-order chi connectivity index (χ1) is 14.5. The minimum Gasteiger partial charge on any atom is -0.341 e. The number of piperidine rings is 1. The normalized spacial score (nSPS) is 19.6. The Hall–Kier alpha value is -3.30. The van der Waals surface area contributed by atoms with E-state index in [2.05, 4.69) is 15.5 Å². The molecule has 4 amide bonds. The fourth-order valence-electron chi connectivity index (χ4n) is 4.35. The minimum absolute atomic E-state index is 0.101. The number of carbonyl (C=O) groups excluding carboxylic acids is 3. The first-order valence-electron chi connectivity index (χ1n) is 10.2. The number of aromatic nitrogens is 4. The monoisotopic (exact) mass is 411 g/mol. The topological polar surface area (TPSA) is 105 Å². The molecule has 1 aromatic heterocycles. The largest absolute Gasteiger partial charge is 0.341 e. The minimum atomic E-state index is -0.905. The maximum atomic E-state index is 13.3. The molecule has 0 radical (unpaired) electrons. The highest BCUT2D eigenvalue weighted by Gasteiger charge is 2.57. The van der Waals surface area contributed by atoms with Gasteiger partial charge in [0.2, 0.25) is 5.91 Å². The third-order valence-electron chi connectivity index (χ3n) is 6.14. The molecule has 2 aromatic rings. The van der Waals surface area contributed by atoms with Crippen molar-refractivity contribution in [2.24, 2.45) is 0 Å². The maximum Gasteiger partial charge on any atom is 0.327 e. The number of hydrogen-bond acceptors (Lipinski definition) is 6. The molecule has 0 aliphatic carbocycles. The van der Waals surface area contributed by atoms with E-state index in [-0.39, 0.29) is 17.8 Å². The van der Waals surface area contributed by atoms with Crippen molar-refractivity contribution in [3.63, 3.8) is 0 Å². The summed E-state index contributed by atoms with van der Waals surface area (Å²) in [7, 11) is 0. The van der Waals surface area contributed by atoms with E-state index < -0.39 is 11.6 Å². The molecule has 30 heavy (non-hydrogen) atoms. The van der Waals surface area contributed by atoms with Crippen molar-refractivity contribution >= 4 is 17.8 Å². The van der Waals surface area contributed by atoms with Crippen LogP contribution in [0.25, 0.3) is 0 Å². The highest BCUT2D eigenvalue weighted by Crippen LogP contribution is 2.38. The van der Waals surface area contributed by atoms with Crippen molar-refractivity contribution in [3.05, 3.63) is 42.2 Å². The SMILES string of the molecule is CCN1C(=O)N(Cc2ccccc2)C2(CCN(C(=O)[C@H](C)n3cnnn3)CC2)C1=O. The molecular formula is C20H25N7O3. The summed E-state index contributed by atoms with van der Waals surface area (Å²) >= 11 is 0. The van der Waals surface area contributed by atoms with Crippen LogP contribution >= 0.6 is 0 Å². The number of amides is 4. The van der Waals surface area contributed by atoms with Crippen LogP contribution in [0.2, 0.25) is 0 Å². The summed E-state index contributed by atoms with van der Waals surface area (Å²) in [6.07, 6.45) is 2.23. The standard InChI is InChI=1S/C20H25N7O3/c1-3-25-18(29)20(26(19(25)30)13-16-7-5-4-6-8-16)9-11-24(12-10-20)17(28)15(2)27-14-21-22-23-27/h4-8,14-15H,3,9-13H2,1-2H3/t15-/m0/s1. The molecule has 1 spiro atoms. The summed E-state index contributed by atoms with van der Waals surface area (Å²) in [6, 6.07) is 8.88. The molecule has 3 heterocycles. The number of carbonyl (C=O) groups is 3. The lowest BCUT2D eigenvalue weighted by Crippen LogP contribution is -2.57. The third-order valence-corrected chi connectivity index (χ3v) is 6.14. The molecular weight excluding hydrogens is 386 g/mol. The highest BCUT2D eigenvalue weighted by molar-refractivity contribution is 6.07. The van der Waals surface area contributed by atoms with Gasteiger partial charge in [-0.1, -0.05) is 30.3 Å². The number of likely N-dealkylation sites (N-methyl/N-ethyl adjacent to an activating group) is 1. The molecule has 1 aromatic carbocycles. The van der Waals surface area contributed by atoms with E-state index >= 15 is 0 Å². The van der Waals surface area contributed by atoms with Crippen LogP contribution in [0.1, 0.15) is 38.3 Å². The Bertz CT molecular complexity index is 923. The Morgan fingerprint density at radius 3 is 2.47 bits per heavy atom. The van der Waals surface area contributed by atoms with Gasteiger partial charge in [-0.3, -0.25) is 14.5 Å². The van der Waals surface area contributed by atoms with Gasteiger partial charge in [0.25, 0.3) is 5.91 Å². The van der Waals surface area contributed by atoms with Gasteiger partial charge in [-0.2, -0.15) is 0 Å². The lowest BCUT2D eigenvalue weighted by Gasteiger charge is -2.42. The first kappa shape index (κ1) is 20.0. The number of tetrazole rings is 1. The quantitative estimate of drug-likeness (QED) is 0.682. The average molecular weight is 411 g/mol. The van der Waals surface area contributed by atoms with Crippen molar-refractivity contribution in [1.29, 1.82) is 0 Å². The molecule has 10 heteroatoms. The second kappa shape index (κ2) is 7.85. The van der Waals surface area contributed by atoms with E-state index in [1.54, 1.807) is 16.7 Å². The lowest BCUT2D eigenvalue weighted by molar-refractivity contribution is -0.142. The second-order valence-corrected chi connectivity index (χ2v) is 7.73. The van der Waals surface area contributed by atoms with Crippen molar-refractivity contribution < 1.29 is 14.4 Å². The van der Waals surface area contributed by atoms with E-state index in [0.717, 1.165) is 5.56 Å². The van der Waals surface area contributed by atoms with Crippen molar-refractivity contribution in [2.45, 2.75) is 44.8 Å². The zero-order valence-electron chi connectivity index (χ0n) is 17.1. The zero-order valence-corrected chi connectivity index (χ0v) is 17.1. The van der Waals surface area contributed by atoms with Crippen LogP contribution in [0.4, 0.5) is 4.79 Å². The van der Waals surface area contributed by atoms with Gasteiger partial charge in [0.1, 0.15) is 17.9 Å². The predicted molar refractivity (Wildman–Crippen MR) is 106 cm³/mol. The Balaban J connectivity index is 1.54. The van der Waals surface area contributed by atoms with E-state index in [1.807, 2.05) is 37.3 Å². The molecule has 2 aliphatic rings. The summed E-state index contributed by atoms with van der Waals surface area (Å²) in [4.78, 5) is 43.9. The van der Waals surface area contributed by atoms with E-state index in [4.69, 9.17) is 0 Å². The second-order valence-electron chi connectivity index (χ2n) is 7.73. The van der Waals surface area contributed by atoms with Gasteiger partial charge in [-0.05, 0) is 42.7 Å². The molecule has 2 fully saturated rings. The van der Waals surface area contributed by atoms with Crippen molar-refractivity contribution in [1.82, 2.24) is 34.9 Å². The molecule has 10 nitrogen and oxygen atoms in total. The van der Waals surface area contributed by atoms with Crippen LogP contribution < -0.4 is 0 Å². The maximum absolute atomic E-state index is 13.3. The molecule has 0 N–H and O–H groups in total. The van der Waals surface area contributed by atoms with Crippen LogP contribution in [-0.4, -0.2) is 77.9 Å². The van der Waals surface area contributed by atoms with Gasteiger partial charge in [0.05, 0.1) is 0 Å². The van der Waals surface area contributed by atoms with Crippen LogP contribution in [0.3, 0.4) is 0 Å². The molecule has 158 valence electrons. The van der Waals surface area contributed by atoms with Gasteiger partial charge in [0.15, 0.2) is 0 Å². The Labute approximate surface area is 174 Å². The van der Waals surface area contributed by atoms with E-state index in [9.17, 15) is 14.4 Å². The Kier molecular flexibility index (Phi) is 5.23. The number of urea groups is 1. The van der Waals surface area contributed by atoms with Gasteiger partial charge in [-0.25, -0.2) is 9.48 Å². The zero-order chi connectivity index (χ0) is 21.3. The number of hydrogen-bond donors (Lipinski definition) is 0. The number of nitrogens with zero attached hydrogens (tertiary/aromatic N) is 7. The van der Waals surface area contributed by atoms with Crippen LogP contribution in [-0.2, 0) is 16.1 Å².